The van der Waals surface area contributed by atoms with Gasteiger partial charge in [0, 0.05) is 24.2 Å². The van der Waals surface area contributed by atoms with Crippen LogP contribution >= 0.6 is 0 Å². The van der Waals surface area contributed by atoms with Gasteiger partial charge in [-0.2, -0.15) is 0 Å². The first kappa shape index (κ1) is 14.0. The van der Waals surface area contributed by atoms with E-state index < -0.39 is 0 Å². The number of benzene rings is 1. The van der Waals surface area contributed by atoms with Crippen molar-refractivity contribution in [2.45, 2.75) is 32.9 Å². The van der Waals surface area contributed by atoms with Crippen molar-refractivity contribution in [1.29, 1.82) is 0 Å². The van der Waals surface area contributed by atoms with Crippen molar-refractivity contribution >= 4 is 10.9 Å². The molecule has 2 N–H and O–H groups in total. The van der Waals surface area contributed by atoms with Crippen LogP contribution in [-0.2, 0) is 6.54 Å². The maximum absolute atomic E-state index is 5.62. The molecule has 1 heterocycles. The van der Waals surface area contributed by atoms with Crippen molar-refractivity contribution in [3.63, 3.8) is 0 Å². The van der Waals surface area contributed by atoms with Gasteiger partial charge in [0.2, 0.25) is 0 Å². The third kappa shape index (κ3) is 3.52. The Bertz CT molecular complexity index is 517. The van der Waals surface area contributed by atoms with Gasteiger partial charge in [0.1, 0.15) is 0 Å². The molecule has 0 bridgehead atoms. The monoisotopic (exact) mass is 257 g/mol. The van der Waals surface area contributed by atoms with E-state index in [0.29, 0.717) is 6.04 Å². The average molecular weight is 257 g/mol. The van der Waals surface area contributed by atoms with Crippen LogP contribution in [0.15, 0.2) is 36.5 Å². The summed E-state index contributed by atoms with van der Waals surface area (Å²) in [5, 5.41) is 1.25. The molecule has 1 aromatic carbocycles. The molecule has 19 heavy (non-hydrogen) atoms. The Balaban J connectivity index is 2.23. The first-order valence-electron chi connectivity index (χ1n) is 6.99. The fourth-order valence-corrected chi connectivity index (χ4v) is 2.33. The van der Waals surface area contributed by atoms with Crippen LogP contribution in [0.2, 0.25) is 0 Å². The van der Waals surface area contributed by atoms with Crippen LogP contribution in [-0.4, -0.2) is 29.0 Å². The molecule has 0 atom stereocenters. The Hall–Kier alpha value is -1.45. The van der Waals surface area contributed by atoms with E-state index >= 15 is 0 Å². The van der Waals surface area contributed by atoms with Gasteiger partial charge >= 0.3 is 0 Å². The van der Waals surface area contributed by atoms with Crippen molar-refractivity contribution in [2.75, 3.05) is 13.1 Å². The molecule has 2 rings (SSSR count). The Morgan fingerprint density at radius 2 is 2.00 bits per heavy atom. The van der Waals surface area contributed by atoms with Gasteiger partial charge in [0.15, 0.2) is 0 Å². The maximum atomic E-state index is 5.62. The summed E-state index contributed by atoms with van der Waals surface area (Å²) < 4.78 is 0. The van der Waals surface area contributed by atoms with Gasteiger partial charge in [-0.1, -0.05) is 18.2 Å². The van der Waals surface area contributed by atoms with Crippen LogP contribution in [0.25, 0.3) is 10.9 Å². The van der Waals surface area contributed by atoms with Crippen LogP contribution in [0.5, 0.6) is 0 Å². The molecular weight excluding hydrogens is 234 g/mol. The SMILES string of the molecule is CC(C)N(CCCN)Cc1ccnc2ccccc12. The van der Waals surface area contributed by atoms with Crippen LogP contribution in [0.4, 0.5) is 0 Å². The number of nitrogens with two attached hydrogens (primary N) is 1. The van der Waals surface area contributed by atoms with E-state index in [1.807, 2.05) is 12.3 Å². The van der Waals surface area contributed by atoms with Gasteiger partial charge in [-0.3, -0.25) is 9.88 Å². The van der Waals surface area contributed by atoms with Crippen molar-refractivity contribution in [2.24, 2.45) is 5.73 Å². The highest BCUT2D eigenvalue weighted by atomic mass is 15.1. The lowest BCUT2D eigenvalue weighted by molar-refractivity contribution is 0.212. The van der Waals surface area contributed by atoms with Gasteiger partial charge in [-0.15, -0.1) is 0 Å². The molecule has 0 aliphatic carbocycles. The smallest absolute Gasteiger partial charge is 0.0705 e. The molecule has 0 aliphatic heterocycles. The van der Waals surface area contributed by atoms with Gasteiger partial charge in [0.05, 0.1) is 5.52 Å². The molecule has 0 aliphatic rings. The normalized spacial score (nSPS) is 11.6. The highest BCUT2D eigenvalue weighted by Crippen LogP contribution is 2.18. The fraction of sp³-hybridized carbons (Fsp3) is 0.438. The summed E-state index contributed by atoms with van der Waals surface area (Å²) in [6, 6.07) is 11.0. The first-order valence-corrected chi connectivity index (χ1v) is 6.99. The van der Waals surface area contributed by atoms with E-state index in [-0.39, 0.29) is 0 Å². The molecule has 1 aromatic heterocycles. The number of aromatic nitrogens is 1. The predicted molar refractivity (Wildman–Crippen MR) is 81.0 cm³/mol. The molecule has 2 aromatic rings. The second kappa shape index (κ2) is 6.64. The molecule has 0 saturated carbocycles. The molecule has 0 amide bonds. The summed E-state index contributed by atoms with van der Waals surface area (Å²) in [6.45, 7) is 7.23. The van der Waals surface area contributed by atoms with Gasteiger partial charge in [-0.25, -0.2) is 0 Å². The molecule has 0 radical (unpaired) electrons. The standard InChI is InChI=1S/C16H23N3/c1-13(2)19(11-5-9-17)12-14-8-10-18-16-7-4-3-6-15(14)16/h3-4,6-8,10,13H,5,9,11-12,17H2,1-2H3. The van der Waals surface area contributed by atoms with E-state index in [1.54, 1.807) is 0 Å². The third-order valence-corrected chi connectivity index (χ3v) is 3.49. The van der Waals surface area contributed by atoms with Crippen molar-refractivity contribution in [1.82, 2.24) is 9.88 Å². The second-order valence-electron chi connectivity index (χ2n) is 5.19. The minimum Gasteiger partial charge on any atom is -0.330 e. The second-order valence-corrected chi connectivity index (χ2v) is 5.19. The summed E-state index contributed by atoms with van der Waals surface area (Å²) >= 11 is 0. The van der Waals surface area contributed by atoms with E-state index in [1.165, 1.54) is 10.9 Å². The van der Waals surface area contributed by atoms with Crippen LogP contribution in [0, 0.1) is 0 Å². The number of hydrogen-bond acceptors (Lipinski definition) is 3. The molecule has 0 saturated heterocycles. The molecule has 0 fully saturated rings. The lowest BCUT2D eigenvalue weighted by Gasteiger charge is -2.26. The lowest BCUT2D eigenvalue weighted by Crippen LogP contribution is -2.32. The van der Waals surface area contributed by atoms with E-state index in [0.717, 1.165) is 31.6 Å². The molecule has 3 heteroatoms. The fourth-order valence-electron chi connectivity index (χ4n) is 2.33. The summed E-state index contributed by atoms with van der Waals surface area (Å²) in [5.74, 6) is 0. The number of para-hydroxylation sites is 1. The van der Waals surface area contributed by atoms with Crippen LogP contribution < -0.4 is 5.73 Å². The highest BCUT2D eigenvalue weighted by Gasteiger charge is 2.11. The largest absolute Gasteiger partial charge is 0.330 e. The zero-order chi connectivity index (χ0) is 13.7. The Labute approximate surface area is 115 Å². The number of rotatable bonds is 6. The van der Waals surface area contributed by atoms with Crippen molar-refractivity contribution in [3.8, 4) is 0 Å². The topological polar surface area (TPSA) is 42.1 Å². The highest BCUT2D eigenvalue weighted by molar-refractivity contribution is 5.81. The third-order valence-electron chi connectivity index (χ3n) is 3.49. The van der Waals surface area contributed by atoms with E-state index in [2.05, 4.69) is 48.0 Å². The maximum Gasteiger partial charge on any atom is 0.0705 e. The van der Waals surface area contributed by atoms with Gasteiger partial charge in [-0.05, 0) is 51.1 Å². The van der Waals surface area contributed by atoms with Gasteiger partial charge in [0.25, 0.3) is 0 Å². The molecular formula is C16H23N3. The zero-order valence-corrected chi connectivity index (χ0v) is 11.8. The number of hydrogen-bond donors (Lipinski definition) is 1. The summed E-state index contributed by atoms with van der Waals surface area (Å²) in [7, 11) is 0. The number of pyridine rings is 1. The van der Waals surface area contributed by atoms with Crippen molar-refractivity contribution in [3.05, 3.63) is 42.1 Å². The molecule has 3 nitrogen and oxygen atoms in total. The molecule has 0 spiro atoms. The predicted octanol–water partition coefficient (Wildman–Crippen LogP) is 2.79. The summed E-state index contributed by atoms with van der Waals surface area (Å²) in [5.41, 5.74) is 8.04. The number of nitrogens with zero attached hydrogens (tertiary/aromatic N) is 2. The Morgan fingerprint density at radius 1 is 1.21 bits per heavy atom. The van der Waals surface area contributed by atoms with Gasteiger partial charge < -0.3 is 5.73 Å². The molecule has 0 unspecified atom stereocenters. The van der Waals surface area contributed by atoms with Crippen LogP contribution in [0.3, 0.4) is 0 Å². The molecule has 102 valence electrons. The number of fused-ring (bicyclic) bond motifs is 1. The van der Waals surface area contributed by atoms with E-state index in [4.69, 9.17) is 5.73 Å². The quantitative estimate of drug-likeness (QED) is 0.865. The Morgan fingerprint density at radius 3 is 2.74 bits per heavy atom. The van der Waals surface area contributed by atoms with Crippen molar-refractivity contribution < 1.29 is 0 Å². The minimum absolute atomic E-state index is 0.526. The van der Waals surface area contributed by atoms with Crippen LogP contribution in [0.1, 0.15) is 25.8 Å². The summed E-state index contributed by atoms with van der Waals surface area (Å²) in [6.07, 6.45) is 2.94. The first-order chi connectivity index (χ1) is 9.22. The average Bonchev–Trinajstić information content (AvgIpc) is 2.43. The zero-order valence-electron chi connectivity index (χ0n) is 11.8. The minimum atomic E-state index is 0.526. The summed E-state index contributed by atoms with van der Waals surface area (Å²) in [4.78, 5) is 6.88. The van der Waals surface area contributed by atoms with E-state index in [9.17, 15) is 0 Å². The Kier molecular flexibility index (Phi) is 4.88. The lowest BCUT2D eigenvalue weighted by atomic mass is 10.1.